The molecule has 4 heteroatoms. The number of aromatic nitrogens is 1. The van der Waals surface area contributed by atoms with Gasteiger partial charge in [0.1, 0.15) is 5.82 Å². The molecule has 1 aromatic carbocycles. The number of nitrogens with one attached hydrogen (secondary N) is 1. The highest BCUT2D eigenvalue weighted by Gasteiger charge is 2.07. The van der Waals surface area contributed by atoms with Crippen LogP contribution >= 0.6 is 0 Å². The molecule has 0 radical (unpaired) electrons. The Morgan fingerprint density at radius 1 is 1.21 bits per heavy atom. The summed E-state index contributed by atoms with van der Waals surface area (Å²) in [5, 5.41) is 2.61. The van der Waals surface area contributed by atoms with Crippen LogP contribution in [0.25, 0.3) is 0 Å². The molecule has 0 saturated carbocycles. The highest BCUT2D eigenvalue weighted by molar-refractivity contribution is 6.04. The first-order chi connectivity index (χ1) is 9.06. The zero-order valence-electron chi connectivity index (χ0n) is 10.9. The maximum Gasteiger partial charge on any atom is 0.255 e. The average molecular weight is 258 g/mol. The minimum Gasteiger partial charge on any atom is -0.320 e. The molecule has 1 N–H and O–H groups in total. The van der Waals surface area contributed by atoms with Gasteiger partial charge < -0.3 is 5.32 Å². The second-order valence-electron chi connectivity index (χ2n) is 4.62. The lowest BCUT2D eigenvalue weighted by atomic mass is 10.0. The highest BCUT2D eigenvalue weighted by Crippen LogP contribution is 2.15. The maximum absolute atomic E-state index is 12.9. The third-order valence-corrected chi connectivity index (χ3v) is 2.80. The van der Waals surface area contributed by atoms with Gasteiger partial charge in [-0.15, -0.1) is 0 Å². The van der Waals surface area contributed by atoms with Gasteiger partial charge in [0, 0.05) is 11.6 Å². The fourth-order valence-corrected chi connectivity index (χ4v) is 1.70. The number of pyridine rings is 1. The van der Waals surface area contributed by atoms with Gasteiger partial charge in [0.05, 0.1) is 18.1 Å². The average Bonchev–Trinajstić information content (AvgIpc) is 2.39. The Hall–Kier alpha value is -2.23. The Kier molecular flexibility index (Phi) is 3.90. The Morgan fingerprint density at radius 2 is 1.89 bits per heavy atom. The summed E-state index contributed by atoms with van der Waals surface area (Å²) in [6, 6.07) is 8.59. The van der Waals surface area contributed by atoms with E-state index in [0.29, 0.717) is 17.2 Å². The SMILES string of the molecule is CC(C)c1ccc(C(=O)Nc2cncc(F)c2)cc1. The van der Waals surface area contributed by atoms with E-state index in [1.54, 1.807) is 12.1 Å². The fourth-order valence-electron chi connectivity index (χ4n) is 1.70. The van der Waals surface area contributed by atoms with E-state index in [1.807, 2.05) is 12.1 Å². The number of carbonyl (C=O) groups excluding carboxylic acids is 1. The summed E-state index contributed by atoms with van der Waals surface area (Å²) >= 11 is 0. The summed E-state index contributed by atoms with van der Waals surface area (Å²) in [6.07, 6.45) is 2.50. The first-order valence-corrected chi connectivity index (χ1v) is 6.08. The Morgan fingerprint density at radius 3 is 2.47 bits per heavy atom. The first kappa shape index (κ1) is 13.2. The van der Waals surface area contributed by atoms with Crippen LogP contribution in [0.2, 0.25) is 0 Å². The number of benzene rings is 1. The molecule has 19 heavy (non-hydrogen) atoms. The zero-order chi connectivity index (χ0) is 13.8. The van der Waals surface area contributed by atoms with E-state index < -0.39 is 5.82 Å². The van der Waals surface area contributed by atoms with Crippen LogP contribution in [0.3, 0.4) is 0 Å². The molecule has 98 valence electrons. The number of carbonyl (C=O) groups is 1. The van der Waals surface area contributed by atoms with Gasteiger partial charge in [-0.1, -0.05) is 26.0 Å². The molecule has 1 heterocycles. The van der Waals surface area contributed by atoms with Gasteiger partial charge in [0.15, 0.2) is 0 Å². The molecule has 0 aliphatic heterocycles. The number of anilines is 1. The molecule has 0 aliphatic carbocycles. The lowest BCUT2D eigenvalue weighted by molar-refractivity contribution is 0.102. The third kappa shape index (κ3) is 3.37. The molecule has 0 unspecified atom stereocenters. The van der Waals surface area contributed by atoms with Crippen LogP contribution < -0.4 is 5.32 Å². The van der Waals surface area contributed by atoms with E-state index in [1.165, 1.54) is 17.8 Å². The Balaban J connectivity index is 2.11. The molecule has 0 aliphatic rings. The molecule has 2 rings (SSSR count). The van der Waals surface area contributed by atoms with Gasteiger partial charge in [0.25, 0.3) is 5.91 Å². The molecule has 0 saturated heterocycles. The van der Waals surface area contributed by atoms with Crippen LogP contribution in [-0.4, -0.2) is 10.9 Å². The topological polar surface area (TPSA) is 42.0 Å². The molecular formula is C15H15FN2O. The summed E-state index contributed by atoms with van der Waals surface area (Å²) in [5.74, 6) is -0.333. The smallest absolute Gasteiger partial charge is 0.255 e. The van der Waals surface area contributed by atoms with Gasteiger partial charge >= 0.3 is 0 Å². The predicted octanol–water partition coefficient (Wildman–Crippen LogP) is 3.60. The lowest BCUT2D eigenvalue weighted by Crippen LogP contribution is -2.12. The largest absolute Gasteiger partial charge is 0.320 e. The van der Waals surface area contributed by atoms with Crippen molar-refractivity contribution < 1.29 is 9.18 Å². The number of nitrogens with zero attached hydrogens (tertiary/aromatic N) is 1. The Bertz CT molecular complexity index is 579. The molecule has 3 nitrogen and oxygen atoms in total. The normalized spacial score (nSPS) is 10.5. The van der Waals surface area contributed by atoms with Gasteiger partial charge in [0.2, 0.25) is 0 Å². The molecule has 1 amide bonds. The van der Waals surface area contributed by atoms with Gasteiger partial charge in [-0.2, -0.15) is 0 Å². The molecular weight excluding hydrogens is 243 g/mol. The zero-order valence-corrected chi connectivity index (χ0v) is 10.9. The summed E-state index contributed by atoms with van der Waals surface area (Å²) in [5.41, 5.74) is 2.05. The number of hydrogen-bond acceptors (Lipinski definition) is 2. The standard InChI is InChI=1S/C15H15FN2O/c1-10(2)11-3-5-12(6-4-11)15(19)18-14-7-13(16)8-17-9-14/h3-10H,1-2H3,(H,18,19). The second-order valence-corrected chi connectivity index (χ2v) is 4.62. The van der Waals surface area contributed by atoms with Crippen LogP contribution in [0.5, 0.6) is 0 Å². The van der Waals surface area contributed by atoms with E-state index in [4.69, 9.17) is 0 Å². The minimum absolute atomic E-state index is 0.275. The quantitative estimate of drug-likeness (QED) is 0.914. The monoisotopic (exact) mass is 258 g/mol. The van der Waals surface area contributed by atoms with Crippen LogP contribution in [0.15, 0.2) is 42.7 Å². The molecule has 0 atom stereocenters. The van der Waals surface area contributed by atoms with Crippen molar-refractivity contribution in [3.63, 3.8) is 0 Å². The second kappa shape index (κ2) is 5.61. The number of amides is 1. The maximum atomic E-state index is 12.9. The lowest BCUT2D eigenvalue weighted by Gasteiger charge is -2.07. The first-order valence-electron chi connectivity index (χ1n) is 6.08. The summed E-state index contributed by atoms with van der Waals surface area (Å²) in [4.78, 5) is 15.6. The van der Waals surface area contributed by atoms with Crippen molar-refractivity contribution in [3.8, 4) is 0 Å². The van der Waals surface area contributed by atoms with Crippen molar-refractivity contribution >= 4 is 11.6 Å². The van der Waals surface area contributed by atoms with Crippen LogP contribution in [0.4, 0.5) is 10.1 Å². The van der Waals surface area contributed by atoms with Crippen molar-refractivity contribution in [2.45, 2.75) is 19.8 Å². The van der Waals surface area contributed by atoms with Gasteiger partial charge in [-0.05, 0) is 23.6 Å². The number of halogens is 1. The number of hydrogen-bond donors (Lipinski definition) is 1. The van der Waals surface area contributed by atoms with E-state index in [0.717, 1.165) is 6.20 Å². The molecule has 0 fully saturated rings. The van der Waals surface area contributed by atoms with Crippen molar-refractivity contribution in [1.82, 2.24) is 4.98 Å². The van der Waals surface area contributed by atoms with Crippen molar-refractivity contribution in [2.75, 3.05) is 5.32 Å². The van der Waals surface area contributed by atoms with Crippen LogP contribution in [-0.2, 0) is 0 Å². The van der Waals surface area contributed by atoms with Crippen LogP contribution in [0.1, 0.15) is 35.7 Å². The van der Waals surface area contributed by atoms with E-state index >= 15 is 0 Å². The summed E-state index contributed by atoms with van der Waals surface area (Å²) < 4.78 is 12.9. The van der Waals surface area contributed by atoms with E-state index in [2.05, 4.69) is 24.1 Å². The predicted molar refractivity (Wildman–Crippen MR) is 72.7 cm³/mol. The number of rotatable bonds is 3. The summed E-state index contributed by atoms with van der Waals surface area (Å²) in [7, 11) is 0. The minimum atomic E-state index is -0.479. The van der Waals surface area contributed by atoms with E-state index in [-0.39, 0.29) is 5.91 Å². The molecule has 1 aromatic heterocycles. The third-order valence-electron chi connectivity index (χ3n) is 2.80. The molecule has 2 aromatic rings. The van der Waals surface area contributed by atoms with Crippen LogP contribution in [0, 0.1) is 5.82 Å². The van der Waals surface area contributed by atoms with Crippen molar-refractivity contribution in [2.24, 2.45) is 0 Å². The van der Waals surface area contributed by atoms with Crippen molar-refractivity contribution in [3.05, 3.63) is 59.7 Å². The van der Waals surface area contributed by atoms with Gasteiger partial charge in [-0.25, -0.2) is 4.39 Å². The highest BCUT2D eigenvalue weighted by atomic mass is 19.1. The Labute approximate surface area is 111 Å². The van der Waals surface area contributed by atoms with Crippen molar-refractivity contribution in [1.29, 1.82) is 0 Å². The van der Waals surface area contributed by atoms with E-state index in [9.17, 15) is 9.18 Å². The molecule has 0 bridgehead atoms. The van der Waals surface area contributed by atoms with Gasteiger partial charge in [-0.3, -0.25) is 9.78 Å². The fraction of sp³-hybridized carbons (Fsp3) is 0.200. The summed E-state index contributed by atoms with van der Waals surface area (Å²) in [6.45, 7) is 4.18. The molecule has 0 spiro atoms.